The topological polar surface area (TPSA) is 43.0 Å². The molecule has 1 aromatic carbocycles. The molecule has 1 N–H and O–H groups in total. The molecule has 2 aliphatic rings. The van der Waals surface area contributed by atoms with Crippen LogP contribution in [0.4, 0.5) is 0 Å². The van der Waals surface area contributed by atoms with Crippen molar-refractivity contribution in [1.82, 2.24) is 10.2 Å². The molecule has 0 aromatic heterocycles. The van der Waals surface area contributed by atoms with Crippen LogP contribution < -0.4 is 14.8 Å². The number of nitrogens with zero attached hydrogens (tertiary/aromatic N) is 1. The lowest BCUT2D eigenvalue weighted by molar-refractivity contribution is 0.0978. The predicted octanol–water partition coefficient (Wildman–Crippen LogP) is 2.31. The lowest BCUT2D eigenvalue weighted by Gasteiger charge is -2.30. The average Bonchev–Trinajstić information content (AvgIpc) is 3.27. The van der Waals surface area contributed by atoms with Gasteiger partial charge in [-0.15, -0.1) is 0 Å². The van der Waals surface area contributed by atoms with E-state index in [0.29, 0.717) is 24.8 Å². The standard InChI is InChI=1S/C19H30N2O3/c1-22-15-5-3-6-16(13-15)24-12-10-20-18-7-4-8-19(18)21-11-9-17(14-21)23-2/h3,5-6,13,17-20H,4,7-12,14H2,1-2H3/t17?,18-,19+/m1/s1. The fourth-order valence-electron chi connectivity index (χ4n) is 3.97. The Hall–Kier alpha value is -1.30. The highest BCUT2D eigenvalue weighted by Gasteiger charge is 2.35. The Bertz CT molecular complexity index is 511. The molecule has 0 radical (unpaired) electrons. The molecule has 1 saturated heterocycles. The van der Waals surface area contributed by atoms with Crippen LogP contribution in [0.2, 0.25) is 0 Å². The van der Waals surface area contributed by atoms with Crippen molar-refractivity contribution in [3.63, 3.8) is 0 Å². The molecule has 1 saturated carbocycles. The number of rotatable bonds is 8. The highest BCUT2D eigenvalue weighted by molar-refractivity contribution is 5.32. The van der Waals surface area contributed by atoms with Crippen molar-refractivity contribution in [2.24, 2.45) is 0 Å². The van der Waals surface area contributed by atoms with Crippen molar-refractivity contribution in [2.45, 2.75) is 43.9 Å². The molecule has 0 bridgehead atoms. The number of hydrogen-bond donors (Lipinski definition) is 1. The van der Waals surface area contributed by atoms with Crippen molar-refractivity contribution in [2.75, 3.05) is 40.5 Å². The Morgan fingerprint density at radius 2 is 2.04 bits per heavy atom. The van der Waals surface area contributed by atoms with E-state index in [4.69, 9.17) is 14.2 Å². The molecule has 1 unspecified atom stereocenters. The quantitative estimate of drug-likeness (QED) is 0.739. The van der Waals surface area contributed by atoms with Gasteiger partial charge in [0.15, 0.2) is 0 Å². The molecule has 1 aromatic rings. The summed E-state index contributed by atoms with van der Waals surface area (Å²) in [4.78, 5) is 2.61. The normalized spacial score (nSPS) is 27.5. The highest BCUT2D eigenvalue weighted by Crippen LogP contribution is 2.28. The van der Waals surface area contributed by atoms with Gasteiger partial charge in [-0.05, 0) is 31.4 Å². The number of methoxy groups -OCH3 is 2. The van der Waals surface area contributed by atoms with Crippen molar-refractivity contribution in [1.29, 1.82) is 0 Å². The van der Waals surface area contributed by atoms with Crippen LogP contribution in [0, 0.1) is 0 Å². The zero-order chi connectivity index (χ0) is 16.8. The van der Waals surface area contributed by atoms with Crippen LogP contribution in [-0.2, 0) is 4.74 Å². The van der Waals surface area contributed by atoms with Crippen LogP contribution in [0.1, 0.15) is 25.7 Å². The second-order valence-electron chi connectivity index (χ2n) is 6.73. The summed E-state index contributed by atoms with van der Waals surface area (Å²) in [5.41, 5.74) is 0. The van der Waals surface area contributed by atoms with E-state index in [2.05, 4.69) is 10.2 Å². The van der Waals surface area contributed by atoms with E-state index in [-0.39, 0.29) is 0 Å². The molecule has 1 heterocycles. The summed E-state index contributed by atoms with van der Waals surface area (Å²) >= 11 is 0. The van der Waals surface area contributed by atoms with E-state index in [1.54, 1.807) is 7.11 Å². The van der Waals surface area contributed by atoms with Crippen molar-refractivity contribution in [3.05, 3.63) is 24.3 Å². The number of nitrogens with one attached hydrogen (secondary N) is 1. The van der Waals surface area contributed by atoms with Crippen molar-refractivity contribution in [3.8, 4) is 11.5 Å². The first-order chi connectivity index (χ1) is 11.8. The highest BCUT2D eigenvalue weighted by atomic mass is 16.5. The van der Waals surface area contributed by atoms with Crippen LogP contribution in [0.25, 0.3) is 0 Å². The summed E-state index contributed by atoms with van der Waals surface area (Å²) < 4.78 is 16.6. The summed E-state index contributed by atoms with van der Waals surface area (Å²) in [7, 11) is 3.50. The van der Waals surface area contributed by atoms with Crippen molar-refractivity contribution >= 4 is 0 Å². The van der Waals surface area contributed by atoms with E-state index in [0.717, 1.165) is 24.6 Å². The minimum absolute atomic E-state index is 0.419. The van der Waals surface area contributed by atoms with Gasteiger partial charge in [0.05, 0.1) is 13.2 Å². The first-order valence-electron chi connectivity index (χ1n) is 9.07. The fraction of sp³-hybridized carbons (Fsp3) is 0.684. The summed E-state index contributed by atoms with van der Waals surface area (Å²) in [5.74, 6) is 1.69. The predicted molar refractivity (Wildman–Crippen MR) is 94.9 cm³/mol. The third-order valence-corrected chi connectivity index (χ3v) is 5.28. The molecular weight excluding hydrogens is 304 g/mol. The van der Waals surface area contributed by atoms with Crippen LogP contribution in [-0.4, -0.2) is 63.5 Å². The van der Waals surface area contributed by atoms with Gasteiger partial charge in [-0.1, -0.05) is 12.5 Å². The Kier molecular flexibility index (Phi) is 6.35. The van der Waals surface area contributed by atoms with Gasteiger partial charge in [-0.2, -0.15) is 0 Å². The van der Waals surface area contributed by atoms with Gasteiger partial charge in [-0.25, -0.2) is 0 Å². The number of hydrogen-bond acceptors (Lipinski definition) is 5. The maximum atomic E-state index is 5.83. The number of ether oxygens (including phenoxy) is 3. The van der Waals surface area contributed by atoms with E-state index in [9.17, 15) is 0 Å². The molecule has 2 fully saturated rings. The van der Waals surface area contributed by atoms with E-state index in [1.807, 2.05) is 31.4 Å². The van der Waals surface area contributed by atoms with Crippen LogP contribution >= 0.6 is 0 Å². The maximum absolute atomic E-state index is 5.83. The SMILES string of the molecule is COc1cccc(OCCN[C@@H]2CCC[C@@H]2N2CCC(OC)C2)c1. The molecule has 134 valence electrons. The summed E-state index contributed by atoms with van der Waals surface area (Å²) in [6, 6.07) is 9.01. The zero-order valence-electron chi connectivity index (χ0n) is 14.9. The lowest BCUT2D eigenvalue weighted by atomic mass is 10.1. The van der Waals surface area contributed by atoms with Crippen molar-refractivity contribution < 1.29 is 14.2 Å². The molecule has 0 spiro atoms. The smallest absolute Gasteiger partial charge is 0.123 e. The van der Waals surface area contributed by atoms with Gasteiger partial charge >= 0.3 is 0 Å². The van der Waals surface area contributed by atoms with Crippen LogP contribution in [0.3, 0.4) is 0 Å². The Labute approximate surface area is 145 Å². The Morgan fingerprint density at radius 3 is 2.83 bits per heavy atom. The average molecular weight is 334 g/mol. The first-order valence-corrected chi connectivity index (χ1v) is 9.07. The van der Waals surface area contributed by atoms with Gasteiger partial charge in [0.25, 0.3) is 0 Å². The molecule has 3 rings (SSSR count). The second-order valence-corrected chi connectivity index (χ2v) is 6.73. The molecule has 5 heteroatoms. The summed E-state index contributed by atoms with van der Waals surface area (Å²) in [6.07, 6.45) is 5.46. The van der Waals surface area contributed by atoms with Crippen LogP contribution in [0.15, 0.2) is 24.3 Å². The Balaban J connectivity index is 1.41. The minimum Gasteiger partial charge on any atom is -0.497 e. The molecule has 1 aliphatic carbocycles. The second kappa shape index (κ2) is 8.70. The number of benzene rings is 1. The van der Waals surface area contributed by atoms with Gasteiger partial charge in [0, 0.05) is 44.9 Å². The van der Waals surface area contributed by atoms with Gasteiger partial charge < -0.3 is 19.5 Å². The largest absolute Gasteiger partial charge is 0.497 e. The molecule has 1 aliphatic heterocycles. The van der Waals surface area contributed by atoms with Gasteiger partial charge in [-0.3, -0.25) is 4.90 Å². The fourth-order valence-corrected chi connectivity index (χ4v) is 3.97. The summed E-state index contributed by atoms with van der Waals surface area (Å²) in [5, 5.41) is 3.70. The van der Waals surface area contributed by atoms with E-state index >= 15 is 0 Å². The molecule has 24 heavy (non-hydrogen) atoms. The summed E-state index contributed by atoms with van der Waals surface area (Å²) in [6.45, 7) is 3.80. The third-order valence-electron chi connectivity index (χ3n) is 5.28. The van der Waals surface area contributed by atoms with E-state index < -0.39 is 0 Å². The maximum Gasteiger partial charge on any atom is 0.123 e. The van der Waals surface area contributed by atoms with Gasteiger partial charge in [0.1, 0.15) is 18.1 Å². The first kappa shape index (κ1) is 17.5. The third kappa shape index (κ3) is 4.41. The zero-order valence-corrected chi connectivity index (χ0v) is 14.9. The monoisotopic (exact) mass is 334 g/mol. The molecule has 3 atom stereocenters. The number of likely N-dealkylation sites (tertiary alicyclic amines) is 1. The molecule has 5 nitrogen and oxygen atoms in total. The van der Waals surface area contributed by atoms with Crippen LogP contribution in [0.5, 0.6) is 11.5 Å². The Morgan fingerprint density at radius 1 is 1.17 bits per heavy atom. The van der Waals surface area contributed by atoms with E-state index in [1.165, 1.54) is 32.2 Å². The van der Waals surface area contributed by atoms with Gasteiger partial charge in [0.2, 0.25) is 0 Å². The minimum atomic E-state index is 0.419. The molecule has 0 amide bonds. The lowest BCUT2D eigenvalue weighted by Crippen LogP contribution is -2.47. The molecular formula is C19H30N2O3.